The smallest absolute Gasteiger partial charge is 0.147 e. The van der Waals surface area contributed by atoms with Crippen LogP contribution in [0.15, 0.2) is 4.52 Å². The fourth-order valence-electron chi connectivity index (χ4n) is 0.893. The van der Waals surface area contributed by atoms with Crippen molar-refractivity contribution < 1.29 is 4.52 Å². The minimum Gasteiger partial charge on any atom is -0.360 e. The van der Waals surface area contributed by atoms with E-state index < -0.39 is 0 Å². The summed E-state index contributed by atoms with van der Waals surface area (Å²) in [6.07, 6.45) is 2.23. The second-order valence-electron chi connectivity index (χ2n) is 2.26. The molecule has 56 valence electrons. The van der Waals surface area contributed by atoms with Crippen LogP contribution in [-0.2, 0) is 6.42 Å². The lowest BCUT2D eigenvalue weighted by Crippen LogP contribution is -1.85. The van der Waals surface area contributed by atoms with Gasteiger partial charge in [-0.25, -0.2) is 0 Å². The highest BCUT2D eigenvalue weighted by Gasteiger charge is 2.07. The molecule has 1 rings (SSSR count). The van der Waals surface area contributed by atoms with Gasteiger partial charge in [-0.15, -0.1) is 0 Å². The lowest BCUT2D eigenvalue weighted by Gasteiger charge is -1.91. The normalized spacial score (nSPS) is 10.3. The highest BCUT2D eigenvalue weighted by Crippen LogP contribution is 2.16. The van der Waals surface area contributed by atoms with Gasteiger partial charge in [-0.3, -0.25) is 0 Å². The van der Waals surface area contributed by atoms with Crippen LogP contribution in [0.2, 0.25) is 0 Å². The highest BCUT2D eigenvalue weighted by atomic mass is 127. The number of aromatic nitrogens is 1. The van der Waals surface area contributed by atoms with Crippen LogP contribution in [-0.4, -0.2) is 5.16 Å². The molecule has 3 heteroatoms. The molecule has 0 radical (unpaired) electrons. The third kappa shape index (κ3) is 1.51. The number of aryl methyl sites for hydroxylation is 1. The maximum atomic E-state index is 4.99. The molecule has 1 aromatic rings. The molecule has 10 heavy (non-hydrogen) atoms. The quantitative estimate of drug-likeness (QED) is 0.755. The molecule has 1 heterocycles. The number of rotatable bonds is 2. The largest absolute Gasteiger partial charge is 0.360 e. The Morgan fingerprint density at radius 2 is 2.30 bits per heavy atom. The molecule has 2 nitrogen and oxygen atoms in total. The van der Waals surface area contributed by atoms with E-state index in [9.17, 15) is 0 Å². The van der Waals surface area contributed by atoms with Gasteiger partial charge in [-0.1, -0.05) is 18.5 Å². The molecule has 0 aliphatic rings. The Bertz CT molecular complexity index is 200. The van der Waals surface area contributed by atoms with Crippen LogP contribution < -0.4 is 0 Å². The maximum absolute atomic E-state index is 4.99. The molecule has 0 aliphatic heterocycles. The van der Waals surface area contributed by atoms with Crippen LogP contribution >= 0.6 is 22.6 Å². The van der Waals surface area contributed by atoms with Gasteiger partial charge in [0.15, 0.2) is 0 Å². The monoisotopic (exact) mass is 251 g/mol. The van der Waals surface area contributed by atoms with Crippen molar-refractivity contribution in [1.29, 1.82) is 0 Å². The minimum atomic E-state index is 0.964. The molecule has 0 saturated heterocycles. The second-order valence-corrected chi connectivity index (χ2v) is 3.28. The lowest BCUT2D eigenvalue weighted by molar-refractivity contribution is 0.392. The standard InChI is InChI=1S/C7H10INO/c1-3-4-6-5(2)10-9-7(6)8/h3-4H2,1-2H3. The van der Waals surface area contributed by atoms with Gasteiger partial charge in [-0.2, -0.15) is 0 Å². The maximum Gasteiger partial charge on any atom is 0.147 e. The molecular weight excluding hydrogens is 241 g/mol. The Balaban J connectivity index is 2.87. The molecule has 0 spiro atoms. The van der Waals surface area contributed by atoms with E-state index in [-0.39, 0.29) is 0 Å². The Morgan fingerprint density at radius 1 is 1.60 bits per heavy atom. The van der Waals surface area contributed by atoms with E-state index in [4.69, 9.17) is 4.52 Å². The third-order valence-corrected chi connectivity index (χ3v) is 2.28. The van der Waals surface area contributed by atoms with Gasteiger partial charge >= 0.3 is 0 Å². The fourth-order valence-corrected chi connectivity index (χ4v) is 1.64. The molecule has 0 N–H and O–H groups in total. The first-order valence-electron chi connectivity index (χ1n) is 3.36. The first kappa shape index (κ1) is 8.04. The summed E-state index contributed by atoms with van der Waals surface area (Å²) in [5.41, 5.74) is 1.27. The van der Waals surface area contributed by atoms with Crippen molar-refractivity contribution in [3.8, 4) is 0 Å². The van der Waals surface area contributed by atoms with Crippen LogP contribution in [0.4, 0.5) is 0 Å². The Morgan fingerprint density at radius 3 is 2.70 bits per heavy atom. The minimum absolute atomic E-state index is 0.964. The number of nitrogens with zero attached hydrogens (tertiary/aromatic N) is 1. The van der Waals surface area contributed by atoms with Crippen LogP contribution in [0.1, 0.15) is 24.7 Å². The second kappa shape index (κ2) is 3.37. The SMILES string of the molecule is CCCc1c(I)noc1C. The first-order chi connectivity index (χ1) is 4.75. The fraction of sp³-hybridized carbons (Fsp3) is 0.571. The van der Waals surface area contributed by atoms with Crippen molar-refractivity contribution in [1.82, 2.24) is 5.16 Å². The van der Waals surface area contributed by atoms with Gasteiger partial charge < -0.3 is 4.52 Å². The van der Waals surface area contributed by atoms with E-state index in [1.165, 1.54) is 5.56 Å². The van der Waals surface area contributed by atoms with Gasteiger partial charge in [0.25, 0.3) is 0 Å². The molecule has 0 amide bonds. The average molecular weight is 251 g/mol. The van der Waals surface area contributed by atoms with Gasteiger partial charge in [0.1, 0.15) is 9.46 Å². The Labute approximate surface area is 74.1 Å². The van der Waals surface area contributed by atoms with E-state index in [1.807, 2.05) is 6.92 Å². The van der Waals surface area contributed by atoms with Gasteiger partial charge in [0.05, 0.1) is 0 Å². The summed E-state index contributed by atoms with van der Waals surface area (Å²) in [6.45, 7) is 4.11. The molecule has 1 aromatic heterocycles. The topological polar surface area (TPSA) is 26.0 Å². The van der Waals surface area contributed by atoms with E-state index in [1.54, 1.807) is 0 Å². The zero-order valence-corrected chi connectivity index (χ0v) is 8.31. The predicted octanol–water partition coefficient (Wildman–Crippen LogP) is 2.54. The summed E-state index contributed by atoms with van der Waals surface area (Å²) in [5, 5.41) is 3.85. The number of hydrogen-bond donors (Lipinski definition) is 0. The molecule has 0 aliphatic carbocycles. The summed E-state index contributed by atoms with van der Waals surface area (Å²) in [5.74, 6) is 0.964. The van der Waals surface area contributed by atoms with E-state index >= 15 is 0 Å². The summed E-state index contributed by atoms with van der Waals surface area (Å²) in [4.78, 5) is 0. The third-order valence-electron chi connectivity index (χ3n) is 1.44. The molecule has 0 unspecified atom stereocenters. The van der Waals surface area contributed by atoms with Crippen molar-refractivity contribution in [3.63, 3.8) is 0 Å². The zero-order chi connectivity index (χ0) is 7.56. The van der Waals surface area contributed by atoms with Gasteiger partial charge in [0, 0.05) is 5.56 Å². The van der Waals surface area contributed by atoms with Crippen LogP contribution in [0.25, 0.3) is 0 Å². The Hall–Kier alpha value is -0.0600. The molecule has 0 atom stereocenters. The van der Waals surface area contributed by atoms with Crippen LogP contribution in [0.5, 0.6) is 0 Å². The van der Waals surface area contributed by atoms with Crippen molar-refractivity contribution in [2.75, 3.05) is 0 Å². The van der Waals surface area contributed by atoms with Gasteiger partial charge in [-0.05, 0) is 35.9 Å². The summed E-state index contributed by atoms with van der Waals surface area (Å²) in [7, 11) is 0. The van der Waals surface area contributed by atoms with E-state index in [2.05, 4.69) is 34.7 Å². The van der Waals surface area contributed by atoms with Gasteiger partial charge in [0.2, 0.25) is 0 Å². The van der Waals surface area contributed by atoms with Crippen molar-refractivity contribution in [3.05, 3.63) is 15.0 Å². The van der Waals surface area contributed by atoms with Crippen LogP contribution in [0.3, 0.4) is 0 Å². The Kier molecular flexibility index (Phi) is 2.71. The molecular formula is C7H10INO. The molecule has 0 aromatic carbocycles. The summed E-state index contributed by atoms with van der Waals surface area (Å²) < 4.78 is 6.00. The summed E-state index contributed by atoms with van der Waals surface area (Å²) in [6, 6.07) is 0. The summed E-state index contributed by atoms with van der Waals surface area (Å²) >= 11 is 2.20. The van der Waals surface area contributed by atoms with Crippen molar-refractivity contribution in [2.45, 2.75) is 26.7 Å². The lowest BCUT2D eigenvalue weighted by atomic mass is 10.2. The number of halogens is 1. The van der Waals surface area contributed by atoms with E-state index in [0.717, 1.165) is 22.3 Å². The van der Waals surface area contributed by atoms with Crippen molar-refractivity contribution in [2.24, 2.45) is 0 Å². The average Bonchev–Trinajstić information content (AvgIpc) is 2.20. The zero-order valence-electron chi connectivity index (χ0n) is 6.15. The number of hydrogen-bond acceptors (Lipinski definition) is 2. The van der Waals surface area contributed by atoms with Crippen molar-refractivity contribution >= 4 is 22.6 Å². The van der Waals surface area contributed by atoms with Crippen LogP contribution in [0, 0.1) is 10.6 Å². The predicted molar refractivity (Wildman–Crippen MR) is 48.0 cm³/mol. The molecule has 0 saturated carbocycles. The first-order valence-corrected chi connectivity index (χ1v) is 4.44. The molecule has 0 fully saturated rings. The molecule has 0 bridgehead atoms. The highest BCUT2D eigenvalue weighted by molar-refractivity contribution is 14.1. The van der Waals surface area contributed by atoms with E-state index in [0.29, 0.717) is 0 Å².